The van der Waals surface area contributed by atoms with Gasteiger partial charge in [-0.05, 0) is 37.8 Å². The van der Waals surface area contributed by atoms with Crippen molar-refractivity contribution in [3.8, 4) is 0 Å². The van der Waals surface area contributed by atoms with Crippen molar-refractivity contribution < 1.29 is 9.13 Å². The summed E-state index contributed by atoms with van der Waals surface area (Å²) >= 11 is 5.85. The van der Waals surface area contributed by atoms with E-state index in [2.05, 4.69) is 12.3 Å². The van der Waals surface area contributed by atoms with Crippen molar-refractivity contribution in [2.24, 2.45) is 11.8 Å². The second-order valence-corrected chi connectivity index (χ2v) is 6.40. The Balaban J connectivity index is 2.39. The van der Waals surface area contributed by atoms with Crippen molar-refractivity contribution in [2.75, 3.05) is 6.61 Å². The molecular formula is C16H24ClFN2O. The SMILES string of the molecule is CCOC1(C(NN)c2ccc(Cl)cc2F)CCCC(C)C1. The first kappa shape index (κ1) is 16.7. The maximum atomic E-state index is 14.3. The van der Waals surface area contributed by atoms with Crippen LogP contribution in [0.5, 0.6) is 0 Å². The molecular weight excluding hydrogens is 291 g/mol. The molecule has 1 saturated carbocycles. The molecule has 0 saturated heterocycles. The largest absolute Gasteiger partial charge is 0.373 e. The minimum atomic E-state index is -0.462. The zero-order valence-corrected chi connectivity index (χ0v) is 13.4. The lowest BCUT2D eigenvalue weighted by molar-refractivity contribution is -0.102. The van der Waals surface area contributed by atoms with Gasteiger partial charge in [0, 0.05) is 17.2 Å². The summed E-state index contributed by atoms with van der Waals surface area (Å²) < 4.78 is 20.4. The average Bonchev–Trinajstić information content (AvgIpc) is 2.42. The number of hydrazine groups is 1. The van der Waals surface area contributed by atoms with Crippen LogP contribution in [-0.2, 0) is 4.74 Å². The van der Waals surface area contributed by atoms with Crippen LogP contribution in [0.15, 0.2) is 18.2 Å². The van der Waals surface area contributed by atoms with Crippen molar-refractivity contribution in [1.82, 2.24) is 5.43 Å². The first-order valence-electron chi connectivity index (χ1n) is 7.57. The maximum Gasteiger partial charge on any atom is 0.129 e. The predicted molar refractivity (Wildman–Crippen MR) is 83.5 cm³/mol. The number of nitrogens with one attached hydrogen (secondary N) is 1. The van der Waals surface area contributed by atoms with Gasteiger partial charge < -0.3 is 4.74 Å². The number of rotatable bonds is 5. The first-order valence-corrected chi connectivity index (χ1v) is 7.95. The number of hydrogen-bond donors (Lipinski definition) is 2. The Hall–Kier alpha value is -0.680. The summed E-state index contributed by atoms with van der Waals surface area (Å²) in [5.41, 5.74) is 2.84. The van der Waals surface area contributed by atoms with Gasteiger partial charge in [-0.1, -0.05) is 37.4 Å². The van der Waals surface area contributed by atoms with Gasteiger partial charge in [-0.25, -0.2) is 9.82 Å². The molecule has 2 rings (SSSR count). The van der Waals surface area contributed by atoms with Crippen LogP contribution in [0.4, 0.5) is 4.39 Å². The van der Waals surface area contributed by atoms with Gasteiger partial charge in [0.05, 0.1) is 11.6 Å². The summed E-state index contributed by atoms with van der Waals surface area (Å²) in [4.78, 5) is 0. The quantitative estimate of drug-likeness (QED) is 0.638. The molecule has 118 valence electrons. The van der Waals surface area contributed by atoms with Gasteiger partial charge in [0.2, 0.25) is 0 Å². The Morgan fingerprint density at radius 1 is 1.57 bits per heavy atom. The Morgan fingerprint density at radius 3 is 2.90 bits per heavy atom. The van der Waals surface area contributed by atoms with E-state index in [0.717, 1.165) is 19.3 Å². The van der Waals surface area contributed by atoms with Crippen LogP contribution in [0.1, 0.15) is 51.1 Å². The topological polar surface area (TPSA) is 47.3 Å². The van der Waals surface area contributed by atoms with Crippen molar-refractivity contribution in [3.63, 3.8) is 0 Å². The maximum absolute atomic E-state index is 14.3. The second kappa shape index (κ2) is 7.05. The van der Waals surface area contributed by atoms with Crippen LogP contribution in [0.25, 0.3) is 0 Å². The fourth-order valence-electron chi connectivity index (χ4n) is 3.57. The zero-order chi connectivity index (χ0) is 15.5. The highest BCUT2D eigenvalue weighted by atomic mass is 35.5. The molecule has 1 aliphatic carbocycles. The normalized spacial score (nSPS) is 27.6. The Bertz CT molecular complexity index is 481. The van der Waals surface area contributed by atoms with E-state index < -0.39 is 5.60 Å². The van der Waals surface area contributed by atoms with Crippen LogP contribution < -0.4 is 11.3 Å². The number of benzene rings is 1. The van der Waals surface area contributed by atoms with E-state index in [-0.39, 0.29) is 11.9 Å². The van der Waals surface area contributed by atoms with Gasteiger partial charge in [0.1, 0.15) is 5.82 Å². The molecule has 3 unspecified atom stereocenters. The van der Waals surface area contributed by atoms with E-state index in [4.69, 9.17) is 22.2 Å². The number of hydrogen-bond acceptors (Lipinski definition) is 3. The highest BCUT2D eigenvalue weighted by molar-refractivity contribution is 6.30. The minimum absolute atomic E-state index is 0.345. The van der Waals surface area contributed by atoms with E-state index in [1.807, 2.05) is 6.92 Å². The number of ether oxygens (including phenoxy) is 1. The van der Waals surface area contributed by atoms with Crippen molar-refractivity contribution in [2.45, 2.75) is 51.2 Å². The smallest absolute Gasteiger partial charge is 0.129 e. The molecule has 3 atom stereocenters. The fraction of sp³-hybridized carbons (Fsp3) is 0.625. The molecule has 0 aromatic heterocycles. The number of halogens is 2. The van der Waals surface area contributed by atoms with Crippen LogP contribution in [0.3, 0.4) is 0 Å². The lowest BCUT2D eigenvalue weighted by Crippen LogP contribution is -2.51. The summed E-state index contributed by atoms with van der Waals surface area (Å²) in [6, 6.07) is 4.34. The summed E-state index contributed by atoms with van der Waals surface area (Å²) in [5.74, 6) is 5.97. The van der Waals surface area contributed by atoms with Gasteiger partial charge in [0.25, 0.3) is 0 Å². The third-order valence-electron chi connectivity index (χ3n) is 4.39. The molecule has 0 aliphatic heterocycles. The van der Waals surface area contributed by atoms with Crippen molar-refractivity contribution in [3.05, 3.63) is 34.6 Å². The third-order valence-corrected chi connectivity index (χ3v) is 4.62. The van der Waals surface area contributed by atoms with Gasteiger partial charge in [0.15, 0.2) is 0 Å². The summed E-state index contributed by atoms with van der Waals surface area (Å²) in [7, 11) is 0. The Kier molecular flexibility index (Phi) is 5.60. The van der Waals surface area contributed by atoms with E-state index in [9.17, 15) is 4.39 Å². The highest BCUT2D eigenvalue weighted by Gasteiger charge is 2.44. The van der Waals surface area contributed by atoms with E-state index in [0.29, 0.717) is 23.1 Å². The fourth-order valence-corrected chi connectivity index (χ4v) is 3.73. The van der Waals surface area contributed by atoms with Crippen LogP contribution in [-0.4, -0.2) is 12.2 Å². The molecule has 0 radical (unpaired) electrons. The van der Waals surface area contributed by atoms with Gasteiger partial charge in [-0.3, -0.25) is 5.84 Å². The molecule has 0 spiro atoms. The zero-order valence-electron chi connectivity index (χ0n) is 12.7. The Morgan fingerprint density at radius 2 is 2.33 bits per heavy atom. The minimum Gasteiger partial charge on any atom is -0.373 e. The molecule has 1 fully saturated rings. The summed E-state index contributed by atoms with van der Waals surface area (Å²) in [6.45, 7) is 4.76. The molecule has 3 nitrogen and oxygen atoms in total. The van der Waals surface area contributed by atoms with Crippen LogP contribution in [0.2, 0.25) is 5.02 Å². The summed E-state index contributed by atoms with van der Waals surface area (Å²) in [6.07, 6.45) is 3.99. The third kappa shape index (κ3) is 3.57. The molecule has 1 aliphatic rings. The second-order valence-electron chi connectivity index (χ2n) is 5.96. The Labute approximate surface area is 131 Å². The van der Waals surface area contributed by atoms with E-state index in [1.165, 1.54) is 12.5 Å². The molecule has 1 aromatic rings. The van der Waals surface area contributed by atoms with E-state index >= 15 is 0 Å². The molecule has 3 N–H and O–H groups in total. The van der Waals surface area contributed by atoms with Gasteiger partial charge in [-0.2, -0.15) is 0 Å². The van der Waals surface area contributed by atoms with E-state index in [1.54, 1.807) is 12.1 Å². The average molecular weight is 315 g/mol. The molecule has 1 aromatic carbocycles. The van der Waals surface area contributed by atoms with Crippen molar-refractivity contribution in [1.29, 1.82) is 0 Å². The molecule has 0 bridgehead atoms. The monoisotopic (exact) mass is 314 g/mol. The molecule has 21 heavy (non-hydrogen) atoms. The molecule has 0 heterocycles. The molecule has 0 amide bonds. The van der Waals surface area contributed by atoms with Crippen LogP contribution in [0, 0.1) is 11.7 Å². The summed E-state index contributed by atoms with van der Waals surface area (Å²) in [5, 5.41) is 0.384. The van der Waals surface area contributed by atoms with Crippen molar-refractivity contribution >= 4 is 11.6 Å². The number of nitrogens with two attached hydrogens (primary N) is 1. The predicted octanol–water partition coefficient (Wildman–Crippen LogP) is 3.97. The molecule has 5 heteroatoms. The highest BCUT2D eigenvalue weighted by Crippen LogP contribution is 2.44. The van der Waals surface area contributed by atoms with Gasteiger partial charge in [-0.15, -0.1) is 0 Å². The van der Waals surface area contributed by atoms with Gasteiger partial charge >= 0.3 is 0 Å². The lowest BCUT2D eigenvalue weighted by atomic mass is 9.72. The lowest BCUT2D eigenvalue weighted by Gasteiger charge is -2.45. The first-order chi connectivity index (χ1) is 10.0. The standard InChI is InChI=1S/C16H24ClFN2O/c1-3-21-16(8-4-5-11(2)10-16)15(20-19)13-7-6-12(17)9-14(13)18/h6-7,9,11,15,20H,3-5,8,10,19H2,1-2H3. The van der Waals surface area contributed by atoms with Crippen LogP contribution >= 0.6 is 11.6 Å².